The minimum atomic E-state index is -0.833. The van der Waals surface area contributed by atoms with Gasteiger partial charge in [0.2, 0.25) is 0 Å². The lowest BCUT2D eigenvalue weighted by atomic mass is 10.6. The van der Waals surface area contributed by atoms with Gasteiger partial charge in [0.05, 0.1) is 6.20 Å². The maximum absolute atomic E-state index is 9.90. The number of carboxylic acid groups (broad SMARTS) is 1. The van der Waals surface area contributed by atoms with Crippen molar-refractivity contribution in [3.05, 3.63) is 35.2 Å². The third-order valence-corrected chi connectivity index (χ3v) is 1.49. The Morgan fingerprint density at radius 3 is 2.07 bits per heavy atom. The van der Waals surface area contributed by atoms with Crippen molar-refractivity contribution in [2.75, 3.05) is 0 Å². The number of rotatable bonds is 0. The molecule has 15 heavy (non-hydrogen) atoms. The van der Waals surface area contributed by atoms with Crippen LogP contribution in [0.3, 0.4) is 0 Å². The van der Waals surface area contributed by atoms with Crippen LogP contribution < -0.4 is 0 Å². The van der Waals surface area contributed by atoms with Gasteiger partial charge >= 0.3 is 0 Å². The predicted octanol–water partition coefficient (Wildman–Crippen LogP) is 2.33. The molecule has 0 unspecified atom stereocenters. The lowest BCUT2D eigenvalue weighted by Gasteiger charge is -1.59. The zero-order chi connectivity index (χ0) is 11.5. The van der Waals surface area contributed by atoms with Crippen LogP contribution in [0, 0.1) is 0 Å². The van der Waals surface area contributed by atoms with Crippen molar-refractivity contribution >= 4 is 23.2 Å². The highest BCUT2D eigenvalue weighted by Gasteiger charge is 1.92. The fourth-order valence-corrected chi connectivity index (χ4v) is 0.901. The summed E-state index contributed by atoms with van der Waals surface area (Å²) in [4.78, 5) is 18.9. The van der Waals surface area contributed by atoms with Gasteiger partial charge in [-0.05, 0) is 10.8 Å². The van der Waals surface area contributed by atoms with Crippen molar-refractivity contribution < 1.29 is 14.7 Å². The van der Waals surface area contributed by atoms with E-state index in [0.717, 1.165) is 6.92 Å². The first-order chi connectivity index (χ1) is 7.13. The second-order valence-electron chi connectivity index (χ2n) is 2.18. The van der Waals surface area contributed by atoms with Gasteiger partial charge in [-0.3, -0.25) is 9.59 Å². The fourth-order valence-electron chi connectivity index (χ4n) is 0.447. The standard InChI is InChI=1S/C4H4S.C3H2N2O.C2H4O2/c1-2-4-5-3-1;6-3-1-2-4-5-3;1-2(3)4/h1-4H;1-2H;1H3,(H,3,4). The highest BCUT2D eigenvalue weighted by atomic mass is 32.1. The maximum atomic E-state index is 9.90. The first-order valence-electron chi connectivity index (χ1n) is 3.91. The van der Waals surface area contributed by atoms with E-state index in [9.17, 15) is 4.79 Å². The summed E-state index contributed by atoms with van der Waals surface area (Å²) in [6.07, 6.45) is 2.67. The molecule has 6 heteroatoms. The lowest BCUT2D eigenvalue weighted by Crippen LogP contribution is -1.78. The summed E-state index contributed by atoms with van der Waals surface area (Å²) in [5.41, 5.74) is 0. The van der Waals surface area contributed by atoms with Gasteiger partial charge in [-0.15, -0.1) is 5.11 Å². The van der Waals surface area contributed by atoms with Crippen LogP contribution in [0.5, 0.6) is 0 Å². The van der Waals surface area contributed by atoms with Crippen molar-refractivity contribution in [1.82, 2.24) is 0 Å². The summed E-state index contributed by atoms with van der Waals surface area (Å²) in [6, 6.07) is 4.04. The SMILES string of the molecule is CC(=O)O.O=C1C=CN=N1.c1ccsc1. The number of aliphatic carboxylic acids is 1. The van der Waals surface area contributed by atoms with Crippen LogP contribution in [0.25, 0.3) is 0 Å². The lowest BCUT2D eigenvalue weighted by molar-refractivity contribution is -0.134. The minimum absolute atomic E-state index is 0.269. The molecule has 1 aromatic heterocycles. The maximum Gasteiger partial charge on any atom is 0.300 e. The Balaban J connectivity index is 0.000000202. The Hall–Kier alpha value is -1.82. The molecule has 0 bridgehead atoms. The average molecular weight is 226 g/mol. The minimum Gasteiger partial charge on any atom is -0.481 e. The first-order valence-corrected chi connectivity index (χ1v) is 4.85. The molecular formula is C9H10N2O3S. The van der Waals surface area contributed by atoms with Crippen molar-refractivity contribution in [2.45, 2.75) is 6.92 Å². The molecule has 0 aromatic carbocycles. The molecule has 2 rings (SSSR count). The molecule has 0 aliphatic carbocycles. The molecule has 0 saturated carbocycles. The number of carboxylic acids is 1. The van der Waals surface area contributed by atoms with Crippen molar-refractivity contribution in [1.29, 1.82) is 0 Å². The number of nitrogens with zero attached hydrogens (tertiary/aromatic N) is 2. The largest absolute Gasteiger partial charge is 0.481 e. The third-order valence-electron chi connectivity index (χ3n) is 0.865. The number of thiophene rings is 1. The van der Waals surface area contributed by atoms with Crippen LogP contribution in [-0.2, 0) is 9.59 Å². The molecular weight excluding hydrogens is 216 g/mol. The van der Waals surface area contributed by atoms with E-state index in [0.29, 0.717) is 0 Å². The average Bonchev–Trinajstić information content (AvgIpc) is 2.75. The Labute approximate surface area is 90.8 Å². The van der Waals surface area contributed by atoms with Crippen LogP contribution in [-0.4, -0.2) is 17.0 Å². The Bertz CT molecular complexity index is 309. The molecule has 1 amide bonds. The zero-order valence-electron chi connectivity index (χ0n) is 8.03. The van der Waals surface area contributed by atoms with Crippen LogP contribution >= 0.6 is 11.3 Å². The second kappa shape index (κ2) is 8.76. The summed E-state index contributed by atoms with van der Waals surface area (Å²) in [5, 5.41) is 17.9. The highest BCUT2D eigenvalue weighted by Crippen LogP contribution is 1.91. The molecule has 1 aromatic rings. The van der Waals surface area contributed by atoms with Gasteiger partial charge in [-0.25, -0.2) is 0 Å². The van der Waals surface area contributed by atoms with Crippen LogP contribution in [0.4, 0.5) is 0 Å². The summed E-state index contributed by atoms with van der Waals surface area (Å²) >= 11 is 1.71. The molecule has 80 valence electrons. The summed E-state index contributed by atoms with van der Waals surface area (Å²) < 4.78 is 0. The molecule has 0 atom stereocenters. The van der Waals surface area contributed by atoms with E-state index in [1.807, 2.05) is 22.9 Å². The summed E-state index contributed by atoms with van der Waals surface area (Å²) in [7, 11) is 0. The van der Waals surface area contributed by atoms with E-state index in [1.54, 1.807) is 11.3 Å². The van der Waals surface area contributed by atoms with Crippen molar-refractivity contribution in [3.8, 4) is 0 Å². The number of hydrogen-bond donors (Lipinski definition) is 1. The molecule has 0 spiro atoms. The van der Waals surface area contributed by atoms with Gasteiger partial charge in [0.1, 0.15) is 0 Å². The van der Waals surface area contributed by atoms with Gasteiger partial charge < -0.3 is 5.11 Å². The topological polar surface area (TPSA) is 79.1 Å². The fraction of sp³-hybridized carbons (Fsp3) is 0.111. The number of hydrogen-bond acceptors (Lipinski definition) is 4. The van der Waals surface area contributed by atoms with E-state index < -0.39 is 5.97 Å². The van der Waals surface area contributed by atoms with Gasteiger partial charge in [-0.2, -0.15) is 16.5 Å². The van der Waals surface area contributed by atoms with Crippen molar-refractivity contribution in [2.24, 2.45) is 10.2 Å². The van der Waals surface area contributed by atoms with E-state index >= 15 is 0 Å². The van der Waals surface area contributed by atoms with Gasteiger partial charge in [0.15, 0.2) is 0 Å². The molecule has 5 nitrogen and oxygen atoms in total. The molecule has 1 aliphatic heterocycles. The monoisotopic (exact) mass is 226 g/mol. The molecule has 0 saturated heterocycles. The molecule has 0 fully saturated rings. The van der Waals surface area contributed by atoms with E-state index in [-0.39, 0.29) is 5.91 Å². The van der Waals surface area contributed by atoms with Gasteiger partial charge in [-0.1, -0.05) is 12.1 Å². The molecule has 2 heterocycles. The highest BCUT2D eigenvalue weighted by molar-refractivity contribution is 7.07. The summed E-state index contributed by atoms with van der Waals surface area (Å²) in [6.45, 7) is 1.08. The number of amides is 1. The van der Waals surface area contributed by atoms with Crippen molar-refractivity contribution in [3.63, 3.8) is 0 Å². The number of carbonyl (C=O) groups is 2. The molecule has 1 N–H and O–H groups in total. The predicted molar refractivity (Wildman–Crippen MR) is 56.6 cm³/mol. The molecule has 1 aliphatic rings. The van der Waals surface area contributed by atoms with Gasteiger partial charge in [0.25, 0.3) is 11.9 Å². The third kappa shape index (κ3) is 12.2. The summed E-state index contributed by atoms with van der Waals surface area (Å²) in [5.74, 6) is -1.10. The Morgan fingerprint density at radius 1 is 1.40 bits per heavy atom. The Kier molecular flexibility index (Phi) is 7.70. The smallest absolute Gasteiger partial charge is 0.300 e. The number of azo groups is 1. The van der Waals surface area contributed by atoms with E-state index in [1.165, 1.54) is 12.3 Å². The van der Waals surface area contributed by atoms with E-state index in [2.05, 4.69) is 10.2 Å². The Morgan fingerprint density at radius 2 is 1.93 bits per heavy atom. The van der Waals surface area contributed by atoms with Crippen LogP contribution in [0.2, 0.25) is 0 Å². The molecule has 0 radical (unpaired) electrons. The van der Waals surface area contributed by atoms with E-state index in [4.69, 9.17) is 9.90 Å². The van der Waals surface area contributed by atoms with Crippen LogP contribution in [0.15, 0.2) is 45.4 Å². The van der Waals surface area contributed by atoms with Crippen LogP contribution in [0.1, 0.15) is 6.92 Å². The quantitative estimate of drug-likeness (QED) is 0.737. The number of carbonyl (C=O) groups excluding carboxylic acids is 1. The second-order valence-corrected chi connectivity index (χ2v) is 3.00. The normalized spacial score (nSPS) is 11.1. The first kappa shape index (κ1) is 13.2. The zero-order valence-corrected chi connectivity index (χ0v) is 8.85. The van der Waals surface area contributed by atoms with Gasteiger partial charge in [0, 0.05) is 13.0 Å².